The molecule has 0 spiro atoms. The summed E-state index contributed by atoms with van der Waals surface area (Å²) < 4.78 is 6.40. The molecule has 0 aliphatic rings. The number of methoxy groups -OCH3 is 1. The Morgan fingerprint density at radius 2 is 2.31 bits per heavy atom. The third-order valence-corrected chi connectivity index (χ3v) is 5.01. The second kappa shape index (κ2) is 5.31. The number of rotatable bonds is 4. The summed E-state index contributed by atoms with van der Waals surface area (Å²) in [6, 6.07) is 4.09. The molecule has 2 nitrogen and oxygen atoms in total. The van der Waals surface area contributed by atoms with Crippen LogP contribution in [0.25, 0.3) is 0 Å². The molecule has 1 atom stereocenters. The summed E-state index contributed by atoms with van der Waals surface area (Å²) in [5, 5.41) is 4.09. The molecule has 16 heavy (non-hydrogen) atoms. The van der Waals surface area contributed by atoms with Gasteiger partial charge in [-0.15, -0.1) is 22.7 Å². The summed E-state index contributed by atoms with van der Waals surface area (Å²) in [7, 11) is 1.68. The third kappa shape index (κ3) is 2.66. The predicted molar refractivity (Wildman–Crippen MR) is 73.5 cm³/mol. The van der Waals surface area contributed by atoms with Crippen molar-refractivity contribution < 1.29 is 4.74 Å². The van der Waals surface area contributed by atoms with Crippen molar-refractivity contribution in [2.45, 2.75) is 12.5 Å². The normalized spacial score (nSPS) is 12.7. The van der Waals surface area contributed by atoms with Crippen LogP contribution in [0.3, 0.4) is 0 Å². The Morgan fingerprint density at radius 3 is 2.94 bits per heavy atom. The van der Waals surface area contributed by atoms with Gasteiger partial charge in [-0.1, -0.05) is 0 Å². The van der Waals surface area contributed by atoms with Crippen molar-refractivity contribution in [3.63, 3.8) is 0 Å². The first kappa shape index (κ1) is 12.1. The van der Waals surface area contributed by atoms with E-state index < -0.39 is 0 Å². The minimum absolute atomic E-state index is 0.0144. The second-order valence-corrected chi connectivity index (χ2v) is 6.25. The van der Waals surface area contributed by atoms with Gasteiger partial charge in [-0.25, -0.2) is 0 Å². The van der Waals surface area contributed by atoms with Gasteiger partial charge in [0.1, 0.15) is 5.75 Å². The predicted octanol–water partition coefficient (Wildman–Crippen LogP) is 3.82. The van der Waals surface area contributed by atoms with E-state index in [1.165, 1.54) is 4.88 Å². The lowest BCUT2D eigenvalue weighted by Crippen LogP contribution is -2.11. The van der Waals surface area contributed by atoms with Crippen molar-refractivity contribution >= 4 is 38.6 Å². The Balaban J connectivity index is 2.11. The average molecular weight is 318 g/mol. The molecule has 0 aliphatic carbocycles. The van der Waals surface area contributed by atoms with Gasteiger partial charge >= 0.3 is 0 Å². The van der Waals surface area contributed by atoms with E-state index >= 15 is 0 Å². The zero-order valence-corrected chi connectivity index (χ0v) is 12.0. The van der Waals surface area contributed by atoms with Gasteiger partial charge in [0.15, 0.2) is 0 Å². The summed E-state index contributed by atoms with van der Waals surface area (Å²) in [5.41, 5.74) is 6.18. The molecule has 0 saturated carbocycles. The molecule has 0 fully saturated rings. The van der Waals surface area contributed by atoms with Crippen molar-refractivity contribution in [3.8, 4) is 5.75 Å². The first-order chi connectivity index (χ1) is 7.70. The van der Waals surface area contributed by atoms with E-state index in [1.54, 1.807) is 29.8 Å². The van der Waals surface area contributed by atoms with Crippen molar-refractivity contribution in [3.05, 3.63) is 37.1 Å². The van der Waals surface area contributed by atoms with Gasteiger partial charge < -0.3 is 10.5 Å². The monoisotopic (exact) mass is 317 g/mol. The summed E-state index contributed by atoms with van der Waals surface area (Å²) in [5.74, 6) is 0.896. The molecule has 2 aromatic heterocycles. The molecule has 0 bridgehead atoms. The lowest BCUT2D eigenvalue weighted by atomic mass is 10.1. The Hall–Kier alpha value is -0.360. The number of hydrogen-bond acceptors (Lipinski definition) is 4. The maximum absolute atomic E-state index is 6.18. The van der Waals surface area contributed by atoms with E-state index in [1.807, 2.05) is 11.4 Å². The first-order valence-electron chi connectivity index (χ1n) is 4.80. The van der Waals surface area contributed by atoms with Gasteiger partial charge in [0.05, 0.1) is 12.0 Å². The van der Waals surface area contributed by atoms with E-state index in [4.69, 9.17) is 10.5 Å². The van der Waals surface area contributed by atoms with Crippen LogP contribution in [-0.4, -0.2) is 7.11 Å². The zero-order chi connectivity index (χ0) is 11.5. The number of ether oxygens (including phenoxy) is 1. The van der Waals surface area contributed by atoms with Gasteiger partial charge in [0.25, 0.3) is 0 Å². The van der Waals surface area contributed by atoms with E-state index in [2.05, 4.69) is 27.4 Å². The largest absolute Gasteiger partial charge is 0.496 e. The molecule has 0 aromatic carbocycles. The molecular weight excluding hydrogens is 306 g/mol. The minimum atomic E-state index is 0.0144. The Morgan fingerprint density at radius 1 is 1.50 bits per heavy atom. The van der Waals surface area contributed by atoms with Crippen LogP contribution in [0, 0.1) is 0 Å². The minimum Gasteiger partial charge on any atom is -0.496 e. The molecule has 1 unspecified atom stereocenters. The van der Waals surface area contributed by atoms with Crippen molar-refractivity contribution in [2.75, 3.05) is 7.11 Å². The number of hydrogen-bond donors (Lipinski definition) is 1. The molecule has 0 saturated heterocycles. The van der Waals surface area contributed by atoms with Gasteiger partial charge in [0, 0.05) is 27.2 Å². The zero-order valence-electron chi connectivity index (χ0n) is 8.77. The molecule has 2 rings (SSSR count). The van der Waals surface area contributed by atoms with E-state index in [0.29, 0.717) is 0 Å². The van der Waals surface area contributed by atoms with Crippen LogP contribution in [-0.2, 0) is 6.42 Å². The van der Waals surface area contributed by atoms with E-state index in [0.717, 1.165) is 21.5 Å². The second-order valence-electron chi connectivity index (χ2n) is 3.40. The van der Waals surface area contributed by atoms with E-state index in [-0.39, 0.29) is 6.04 Å². The van der Waals surface area contributed by atoms with Crippen molar-refractivity contribution in [1.82, 2.24) is 0 Å². The molecular formula is C11H12BrNOS2. The van der Waals surface area contributed by atoms with Crippen LogP contribution in [0.4, 0.5) is 0 Å². The fourth-order valence-corrected chi connectivity index (χ4v) is 3.89. The molecule has 0 aliphatic heterocycles. The SMILES string of the molecule is COc1ccsc1C(N)Cc1cc(Br)cs1. The van der Waals surface area contributed by atoms with Gasteiger partial charge in [-0.05, 0) is 33.4 Å². The van der Waals surface area contributed by atoms with Crippen LogP contribution in [0.2, 0.25) is 0 Å². The standard InChI is InChI=1S/C11H12BrNOS2/c1-14-10-2-3-15-11(10)9(13)5-8-4-7(12)6-16-8/h2-4,6,9H,5,13H2,1H3. The van der Waals surface area contributed by atoms with Crippen LogP contribution in [0.1, 0.15) is 15.8 Å². The summed E-state index contributed by atoms with van der Waals surface area (Å²) >= 11 is 6.82. The maximum atomic E-state index is 6.18. The number of halogens is 1. The smallest absolute Gasteiger partial charge is 0.134 e. The molecule has 86 valence electrons. The summed E-state index contributed by atoms with van der Waals surface area (Å²) in [6.07, 6.45) is 0.854. The van der Waals surface area contributed by atoms with E-state index in [9.17, 15) is 0 Å². The first-order valence-corrected chi connectivity index (χ1v) is 7.36. The number of nitrogens with two attached hydrogens (primary N) is 1. The Kier molecular flexibility index (Phi) is 4.02. The highest BCUT2D eigenvalue weighted by Gasteiger charge is 2.14. The van der Waals surface area contributed by atoms with Crippen molar-refractivity contribution in [1.29, 1.82) is 0 Å². The molecule has 5 heteroatoms. The van der Waals surface area contributed by atoms with Gasteiger partial charge in [0.2, 0.25) is 0 Å². The Bertz CT molecular complexity index is 466. The highest BCUT2D eigenvalue weighted by atomic mass is 79.9. The molecule has 2 N–H and O–H groups in total. The topological polar surface area (TPSA) is 35.2 Å². The molecule has 0 amide bonds. The van der Waals surface area contributed by atoms with Gasteiger partial charge in [-0.2, -0.15) is 0 Å². The fourth-order valence-electron chi connectivity index (χ4n) is 1.52. The average Bonchev–Trinajstić information content (AvgIpc) is 2.86. The van der Waals surface area contributed by atoms with Crippen molar-refractivity contribution in [2.24, 2.45) is 5.73 Å². The van der Waals surface area contributed by atoms with Gasteiger partial charge in [-0.3, -0.25) is 0 Å². The van der Waals surface area contributed by atoms with Crippen LogP contribution < -0.4 is 10.5 Å². The summed E-state index contributed by atoms with van der Waals surface area (Å²) in [4.78, 5) is 2.40. The van der Waals surface area contributed by atoms with Crippen LogP contribution >= 0.6 is 38.6 Å². The lowest BCUT2D eigenvalue weighted by Gasteiger charge is -2.10. The fraction of sp³-hybridized carbons (Fsp3) is 0.273. The number of thiophene rings is 2. The Labute approximate surface area is 111 Å². The summed E-state index contributed by atoms with van der Waals surface area (Å²) in [6.45, 7) is 0. The van der Waals surface area contributed by atoms with Crippen LogP contribution in [0.5, 0.6) is 5.75 Å². The third-order valence-electron chi connectivity index (χ3n) is 2.26. The maximum Gasteiger partial charge on any atom is 0.134 e. The van der Waals surface area contributed by atoms with Crippen LogP contribution in [0.15, 0.2) is 27.4 Å². The highest BCUT2D eigenvalue weighted by Crippen LogP contribution is 2.32. The molecule has 2 heterocycles. The highest BCUT2D eigenvalue weighted by molar-refractivity contribution is 9.10. The molecule has 0 radical (unpaired) electrons. The quantitative estimate of drug-likeness (QED) is 0.930. The molecule has 2 aromatic rings. The lowest BCUT2D eigenvalue weighted by molar-refractivity contribution is 0.409.